The first-order chi connectivity index (χ1) is 11.0. The first kappa shape index (κ1) is 15.9. The second-order valence-corrected chi connectivity index (χ2v) is 6.68. The average Bonchev–Trinajstić information content (AvgIpc) is 2.72. The number of carbonyl (C=O) groups excluding carboxylic acids is 1. The third kappa shape index (κ3) is 3.22. The second-order valence-electron chi connectivity index (χ2n) is 6.68. The summed E-state index contributed by atoms with van der Waals surface area (Å²) in [5.74, 6) is 0.0360. The van der Waals surface area contributed by atoms with Crippen molar-refractivity contribution in [2.24, 2.45) is 0 Å². The van der Waals surface area contributed by atoms with Crippen LogP contribution >= 0.6 is 0 Å². The van der Waals surface area contributed by atoms with Crippen LogP contribution in [-0.4, -0.2) is 63.5 Å². The molecule has 0 spiro atoms. The fourth-order valence-corrected chi connectivity index (χ4v) is 3.31. The summed E-state index contributed by atoms with van der Waals surface area (Å²) >= 11 is 0. The SMILES string of the molecule is Cc1cc2nc(C(=O)N3CCCC(N(C)C)CC3)cc(C)n2n1. The van der Waals surface area contributed by atoms with E-state index in [1.807, 2.05) is 30.9 Å². The Morgan fingerprint density at radius 2 is 2.00 bits per heavy atom. The number of hydrogen-bond acceptors (Lipinski definition) is 4. The van der Waals surface area contributed by atoms with E-state index in [-0.39, 0.29) is 5.91 Å². The first-order valence-electron chi connectivity index (χ1n) is 8.25. The monoisotopic (exact) mass is 315 g/mol. The lowest BCUT2D eigenvalue weighted by Gasteiger charge is -2.23. The highest BCUT2D eigenvalue weighted by Gasteiger charge is 2.24. The predicted octanol–water partition coefficient (Wildman–Crippen LogP) is 1.90. The zero-order valence-corrected chi connectivity index (χ0v) is 14.4. The summed E-state index contributed by atoms with van der Waals surface area (Å²) in [4.78, 5) is 21.6. The van der Waals surface area contributed by atoms with Crippen molar-refractivity contribution >= 4 is 11.6 Å². The van der Waals surface area contributed by atoms with E-state index in [4.69, 9.17) is 0 Å². The fourth-order valence-electron chi connectivity index (χ4n) is 3.31. The molecule has 0 bridgehead atoms. The highest BCUT2D eigenvalue weighted by Crippen LogP contribution is 2.17. The molecule has 1 amide bonds. The lowest BCUT2D eigenvalue weighted by Crippen LogP contribution is -2.34. The molecular formula is C17H25N5O. The zero-order valence-electron chi connectivity index (χ0n) is 14.4. The van der Waals surface area contributed by atoms with E-state index in [0.717, 1.165) is 49.4 Å². The Morgan fingerprint density at radius 3 is 2.74 bits per heavy atom. The number of amides is 1. The van der Waals surface area contributed by atoms with Crippen molar-refractivity contribution in [2.75, 3.05) is 27.2 Å². The molecule has 0 aliphatic carbocycles. The van der Waals surface area contributed by atoms with E-state index in [1.165, 1.54) is 0 Å². The van der Waals surface area contributed by atoms with Crippen LogP contribution in [-0.2, 0) is 0 Å². The summed E-state index contributed by atoms with van der Waals surface area (Å²) < 4.78 is 1.79. The van der Waals surface area contributed by atoms with Gasteiger partial charge in [-0.2, -0.15) is 5.10 Å². The summed E-state index contributed by atoms with van der Waals surface area (Å²) in [6, 6.07) is 4.31. The number of carbonyl (C=O) groups is 1. The molecule has 1 unspecified atom stereocenters. The number of rotatable bonds is 2. The molecule has 1 fully saturated rings. The lowest BCUT2D eigenvalue weighted by molar-refractivity contribution is 0.0752. The van der Waals surface area contributed by atoms with Crippen LogP contribution in [0.15, 0.2) is 12.1 Å². The third-order valence-electron chi connectivity index (χ3n) is 4.66. The van der Waals surface area contributed by atoms with Gasteiger partial charge in [-0.25, -0.2) is 9.50 Å². The van der Waals surface area contributed by atoms with Crippen molar-refractivity contribution in [3.63, 3.8) is 0 Å². The Hall–Kier alpha value is -1.95. The minimum atomic E-state index is 0.0360. The Balaban J connectivity index is 1.82. The van der Waals surface area contributed by atoms with Gasteiger partial charge in [0, 0.05) is 30.9 Å². The van der Waals surface area contributed by atoms with Gasteiger partial charge in [0.05, 0.1) is 5.69 Å². The summed E-state index contributed by atoms with van der Waals surface area (Å²) in [6.45, 7) is 5.51. The van der Waals surface area contributed by atoms with Crippen molar-refractivity contribution in [3.05, 3.63) is 29.2 Å². The summed E-state index contributed by atoms with van der Waals surface area (Å²) in [5.41, 5.74) is 3.12. The molecule has 1 atom stereocenters. The molecule has 6 nitrogen and oxygen atoms in total. The summed E-state index contributed by atoms with van der Waals surface area (Å²) in [6.07, 6.45) is 3.21. The molecule has 0 N–H and O–H groups in total. The van der Waals surface area contributed by atoms with Crippen LogP contribution in [0.1, 0.15) is 41.1 Å². The van der Waals surface area contributed by atoms with Gasteiger partial charge in [0.2, 0.25) is 0 Å². The van der Waals surface area contributed by atoms with E-state index < -0.39 is 0 Å². The predicted molar refractivity (Wildman–Crippen MR) is 89.7 cm³/mol. The molecule has 2 aromatic heterocycles. The topological polar surface area (TPSA) is 53.7 Å². The largest absolute Gasteiger partial charge is 0.337 e. The Morgan fingerprint density at radius 1 is 1.22 bits per heavy atom. The highest BCUT2D eigenvalue weighted by atomic mass is 16.2. The van der Waals surface area contributed by atoms with E-state index in [2.05, 4.69) is 29.1 Å². The molecule has 1 aliphatic rings. The highest BCUT2D eigenvalue weighted by molar-refractivity contribution is 5.93. The Kier molecular flexibility index (Phi) is 4.35. The van der Waals surface area contributed by atoms with Crippen molar-refractivity contribution < 1.29 is 4.79 Å². The van der Waals surface area contributed by atoms with Crippen LogP contribution < -0.4 is 0 Å². The molecule has 2 aromatic rings. The van der Waals surface area contributed by atoms with Gasteiger partial charge in [-0.15, -0.1) is 0 Å². The molecule has 3 rings (SSSR count). The first-order valence-corrected chi connectivity index (χ1v) is 8.25. The van der Waals surface area contributed by atoms with Crippen LogP contribution in [0.3, 0.4) is 0 Å². The van der Waals surface area contributed by atoms with Gasteiger partial charge in [-0.05, 0) is 53.3 Å². The lowest BCUT2D eigenvalue weighted by atomic mass is 10.1. The number of aryl methyl sites for hydroxylation is 2. The van der Waals surface area contributed by atoms with Crippen molar-refractivity contribution in [1.82, 2.24) is 24.4 Å². The van der Waals surface area contributed by atoms with Gasteiger partial charge < -0.3 is 9.80 Å². The van der Waals surface area contributed by atoms with Gasteiger partial charge >= 0.3 is 0 Å². The van der Waals surface area contributed by atoms with Crippen molar-refractivity contribution in [2.45, 2.75) is 39.2 Å². The molecule has 1 aliphatic heterocycles. The maximum atomic E-state index is 12.9. The standard InChI is InChI=1S/C17H25N5O/c1-12-10-16-18-15(11-13(2)22(16)19-12)17(23)21-8-5-6-14(7-9-21)20(3)4/h10-11,14H,5-9H2,1-4H3. The van der Waals surface area contributed by atoms with Crippen molar-refractivity contribution in [1.29, 1.82) is 0 Å². The Labute approximate surface area is 137 Å². The van der Waals surface area contributed by atoms with Crippen LogP contribution in [0.2, 0.25) is 0 Å². The van der Waals surface area contributed by atoms with Gasteiger partial charge in [-0.3, -0.25) is 4.79 Å². The maximum Gasteiger partial charge on any atom is 0.272 e. The molecule has 6 heteroatoms. The smallest absolute Gasteiger partial charge is 0.272 e. The van der Waals surface area contributed by atoms with E-state index in [1.54, 1.807) is 4.52 Å². The molecular weight excluding hydrogens is 290 g/mol. The minimum Gasteiger partial charge on any atom is -0.337 e. The number of aromatic nitrogens is 3. The van der Waals surface area contributed by atoms with E-state index in [9.17, 15) is 4.79 Å². The molecule has 3 heterocycles. The molecule has 0 radical (unpaired) electrons. The quantitative estimate of drug-likeness (QED) is 0.849. The maximum absolute atomic E-state index is 12.9. The minimum absolute atomic E-state index is 0.0360. The van der Waals surface area contributed by atoms with Gasteiger partial charge in [0.15, 0.2) is 5.65 Å². The molecule has 124 valence electrons. The molecule has 23 heavy (non-hydrogen) atoms. The summed E-state index contributed by atoms with van der Waals surface area (Å²) in [7, 11) is 4.23. The zero-order chi connectivity index (χ0) is 16.6. The Bertz CT molecular complexity index is 721. The van der Waals surface area contributed by atoms with Crippen LogP contribution in [0.5, 0.6) is 0 Å². The molecule has 0 aromatic carbocycles. The normalized spacial score (nSPS) is 19.3. The number of fused-ring (bicyclic) bond motifs is 1. The number of hydrogen-bond donors (Lipinski definition) is 0. The molecule has 0 saturated carbocycles. The van der Waals surface area contributed by atoms with Gasteiger partial charge in [-0.1, -0.05) is 0 Å². The number of likely N-dealkylation sites (tertiary alicyclic amines) is 1. The van der Waals surface area contributed by atoms with Crippen LogP contribution in [0, 0.1) is 13.8 Å². The van der Waals surface area contributed by atoms with E-state index in [0.29, 0.717) is 11.7 Å². The van der Waals surface area contributed by atoms with Gasteiger partial charge in [0.1, 0.15) is 5.69 Å². The molecule has 1 saturated heterocycles. The fraction of sp³-hybridized carbons (Fsp3) is 0.588. The van der Waals surface area contributed by atoms with Crippen LogP contribution in [0.25, 0.3) is 5.65 Å². The summed E-state index contributed by atoms with van der Waals surface area (Å²) in [5, 5.41) is 4.39. The average molecular weight is 315 g/mol. The van der Waals surface area contributed by atoms with Gasteiger partial charge in [0.25, 0.3) is 5.91 Å². The van der Waals surface area contributed by atoms with Crippen LogP contribution in [0.4, 0.5) is 0 Å². The van der Waals surface area contributed by atoms with Crippen molar-refractivity contribution in [3.8, 4) is 0 Å². The number of nitrogens with zero attached hydrogens (tertiary/aromatic N) is 5. The van der Waals surface area contributed by atoms with E-state index >= 15 is 0 Å². The third-order valence-corrected chi connectivity index (χ3v) is 4.66. The second kappa shape index (κ2) is 6.28.